The molecule has 0 radical (unpaired) electrons. The Kier molecular flexibility index (Phi) is 6.74. The fourth-order valence-electron chi connectivity index (χ4n) is 1.85. The number of aryl methyl sites for hydroxylation is 2. The minimum atomic E-state index is -0.500. The zero-order chi connectivity index (χ0) is 16.7. The molecule has 0 bridgehead atoms. The SMILES string of the molecule is Cc1ccc(CSC(=[C-][N+](=O)[O-])SCc2ccc(C)cc2)cc1. The van der Waals surface area contributed by atoms with Crippen molar-refractivity contribution in [2.24, 2.45) is 0 Å². The third-order valence-electron chi connectivity index (χ3n) is 3.16. The van der Waals surface area contributed by atoms with Gasteiger partial charge in [0, 0.05) is 11.5 Å². The normalized spacial score (nSPS) is 10.3. The van der Waals surface area contributed by atoms with E-state index in [1.807, 2.05) is 13.8 Å². The third kappa shape index (κ3) is 6.50. The Bertz CT molecular complexity index is 628. The molecule has 23 heavy (non-hydrogen) atoms. The summed E-state index contributed by atoms with van der Waals surface area (Å²) in [7, 11) is 0. The van der Waals surface area contributed by atoms with Crippen molar-refractivity contribution in [2.75, 3.05) is 0 Å². The highest BCUT2D eigenvalue weighted by Gasteiger charge is 2.00. The molecule has 0 spiro atoms. The molecule has 0 amide bonds. The van der Waals surface area contributed by atoms with E-state index in [2.05, 4.69) is 54.7 Å². The highest BCUT2D eigenvalue weighted by Crippen LogP contribution is 2.33. The van der Waals surface area contributed by atoms with Crippen molar-refractivity contribution in [3.8, 4) is 0 Å². The average molecular weight is 344 g/mol. The van der Waals surface area contributed by atoms with Crippen molar-refractivity contribution in [1.82, 2.24) is 0 Å². The lowest BCUT2D eigenvalue weighted by Crippen LogP contribution is -1.89. The molecule has 0 saturated heterocycles. The lowest BCUT2D eigenvalue weighted by atomic mass is 10.2. The molecular formula is C18H18NO2S2-. The van der Waals surface area contributed by atoms with Crippen LogP contribution in [0.1, 0.15) is 22.3 Å². The van der Waals surface area contributed by atoms with Gasteiger partial charge in [0.05, 0.1) is 0 Å². The lowest BCUT2D eigenvalue weighted by molar-refractivity contribution is -0.419. The summed E-state index contributed by atoms with van der Waals surface area (Å²) in [4.78, 5) is 10.3. The predicted molar refractivity (Wildman–Crippen MR) is 98.7 cm³/mol. The number of hydrogen-bond acceptors (Lipinski definition) is 4. The van der Waals surface area contributed by atoms with E-state index in [1.54, 1.807) is 0 Å². The summed E-state index contributed by atoms with van der Waals surface area (Å²) < 4.78 is 0.608. The topological polar surface area (TPSA) is 43.1 Å². The van der Waals surface area contributed by atoms with Crippen molar-refractivity contribution >= 4 is 23.5 Å². The van der Waals surface area contributed by atoms with Crippen molar-refractivity contribution in [1.29, 1.82) is 0 Å². The molecule has 3 nitrogen and oxygen atoms in total. The van der Waals surface area contributed by atoms with Gasteiger partial charge in [-0.3, -0.25) is 10.1 Å². The van der Waals surface area contributed by atoms with Gasteiger partial charge in [0.1, 0.15) is 0 Å². The fourth-order valence-corrected chi connectivity index (χ4v) is 3.79. The number of thioether (sulfide) groups is 2. The Morgan fingerprint density at radius 1 is 0.913 bits per heavy atom. The number of rotatable bonds is 7. The number of nitro groups is 1. The third-order valence-corrected chi connectivity index (χ3v) is 5.53. The average Bonchev–Trinajstić information content (AvgIpc) is 2.52. The van der Waals surface area contributed by atoms with Crippen LogP contribution in [0.3, 0.4) is 0 Å². The molecule has 0 fully saturated rings. The molecule has 0 N–H and O–H groups in total. The van der Waals surface area contributed by atoms with Gasteiger partial charge in [-0.15, -0.1) is 28.4 Å². The van der Waals surface area contributed by atoms with E-state index in [0.717, 1.165) is 11.1 Å². The first-order valence-electron chi connectivity index (χ1n) is 7.17. The van der Waals surface area contributed by atoms with E-state index in [9.17, 15) is 10.1 Å². The van der Waals surface area contributed by atoms with Crippen LogP contribution in [0.15, 0.2) is 52.8 Å². The van der Waals surface area contributed by atoms with Crippen LogP contribution in [0.2, 0.25) is 0 Å². The van der Waals surface area contributed by atoms with E-state index in [4.69, 9.17) is 0 Å². The molecule has 5 heteroatoms. The molecule has 0 aliphatic heterocycles. The van der Waals surface area contributed by atoms with Gasteiger partial charge >= 0.3 is 0 Å². The molecule has 2 rings (SSSR count). The maximum atomic E-state index is 10.8. The Balaban J connectivity index is 1.95. The first-order valence-corrected chi connectivity index (χ1v) is 9.15. The summed E-state index contributed by atoms with van der Waals surface area (Å²) >= 11 is 2.92. The monoisotopic (exact) mass is 344 g/mol. The second-order valence-corrected chi connectivity index (χ2v) is 7.43. The van der Waals surface area contributed by atoms with Crippen LogP contribution < -0.4 is 0 Å². The van der Waals surface area contributed by atoms with Crippen LogP contribution in [0, 0.1) is 30.2 Å². The fraction of sp³-hybridized carbons (Fsp3) is 0.222. The summed E-state index contributed by atoms with van der Waals surface area (Å²) in [6.07, 6.45) is 2.31. The zero-order valence-electron chi connectivity index (χ0n) is 13.1. The first kappa shape index (κ1) is 17.6. The van der Waals surface area contributed by atoms with Crippen molar-refractivity contribution < 1.29 is 4.92 Å². The van der Waals surface area contributed by atoms with Gasteiger partial charge in [-0.05, 0) is 25.0 Å². The van der Waals surface area contributed by atoms with Crippen LogP contribution in [-0.4, -0.2) is 4.92 Å². The zero-order valence-corrected chi connectivity index (χ0v) is 14.7. The van der Waals surface area contributed by atoms with Gasteiger partial charge in [-0.2, -0.15) is 0 Å². The Hall–Kier alpha value is -1.72. The van der Waals surface area contributed by atoms with Crippen molar-refractivity contribution in [2.45, 2.75) is 25.4 Å². The molecule has 0 unspecified atom stereocenters. The summed E-state index contributed by atoms with van der Waals surface area (Å²) in [5.74, 6) is 1.41. The molecule has 2 aromatic rings. The van der Waals surface area contributed by atoms with Gasteiger partial charge in [-0.1, -0.05) is 70.1 Å². The molecule has 0 aliphatic rings. The largest absolute Gasteiger partial charge is 0.297 e. The molecule has 0 saturated carbocycles. The lowest BCUT2D eigenvalue weighted by Gasteiger charge is -2.12. The molecule has 0 heterocycles. The van der Waals surface area contributed by atoms with E-state index >= 15 is 0 Å². The van der Waals surface area contributed by atoms with E-state index < -0.39 is 4.92 Å². The summed E-state index contributed by atoms with van der Waals surface area (Å²) in [5.41, 5.74) is 4.72. The minimum Gasteiger partial charge on any atom is -0.297 e. The molecule has 120 valence electrons. The smallest absolute Gasteiger partial charge is 0.0210 e. The Labute approximate surface area is 145 Å². The molecule has 0 aromatic heterocycles. The summed E-state index contributed by atoms with van der Waals surface area (Å²) in [6, 6.07) is 16.4. The molecule has 2 aromatic carbocycles. The number of benzene rings is 2. The maximum absolute atomic E-state index is 10.8. The van der Waals surface area contributed by atoms with Crippen molar-refractivity contribution in [3.05, 3.63) is 91.3 Å². The van der Waals surface area contributed by atoms with Crippen LogP contribution in [0.5, 0.6) is 0 Å². The molecule has 0 atom stereocenters. The minimum absolute atomic E-state index is 0.500. The standard InChI is InChI=1S/C18H18NO2S2/c1-14-3-7-16(8-4-14)12-22-18(11-19(20)21)23-13-17-9-5-15(2)6-10-17/h3-10H,12-13H2,1-2H3/q-1. The predicted octanol–water partition coefficient (Wildman–Crippen LogP) is 5.35. The van der Waals surface area contributed by atoms with Gasteiger partial charge < -0.3 is 0 Å². The highest BCUT2D eigenvalue weighted by atomic mass is 32.2. The quantitative estimate of drug-likeness (QED) is 0.294. The highest BCUT2D eigenvalue weighted by molar-refractivity contribution is 8.21. The van der Waals surface area contributed by atoms with E-state index in [-0.39, 0.29) is 0 Å². The second kappa shape index (κ2) is 8.79. The van der Waals surface area contributed by atoms with Crippen molar-refractivity contribution in [3.63, 3.8) is 0 Å². The van der Waals surface area contributed by atoms with Gasteiger partial charge in [0.25, 0.3) is 0 Å². The van der Waals surface area contributed by atoms with Gasteiger partial charge in [0.15, 0.2) is 0 Å². The Morgan fingerprint density at radius 2 is 1.30 bits per heavy atom. The van der Waals surface area contributed by atoms with Crippen LogP contribution in [0.25, 0.3) is 0 Å². The van der Waals surface area contributed by atoms with E-state index in [1.165, 1.54) is 34.7 Å². The number of nitrogens with zero attached hydrogens (tertiary/aromatic N) is 1. The summed E-state index contributed by atoms with van der Waals surface area (Å²) in [6.45, 7) is 4.08. The number of hydrogen-bond donors (Lipinski definition) is 0. The van der Waals surface area contributed by atoms with Gasteiger partial charge in [-0.25, -0.2) is 0 Å². The molecule has 0 aliphatic carbocycles. The molecular weight excluding hydrogens is 326 g/mol. The van der Waals surface area contributed by atoms with Crippen LogP contribution >= 0.6 is 23.5 Å². The van der Waals surface area contributed by atoms with E-state index in [0.29, 0.717) is 15.7 Å². The maximum Gasteiger partial charge on any atom is 0.0210 e. The van der Waals surface area contributed by atoms with Gasteiger partial charge in [0.2, 0.25) is 0 Å². The second-order valence-electron chi connectivity index (χ2n) is 5.20. The van der Waals surface area contributed by atoms with Crippen LogP contribution in [-0.2, 0) is 11.5 Å². The summed E-state index contributed by atoms with van der Waals surface area (Å²) in [5, 5.41) is 10.8. The van der Waals surface area contributed by atoms with Crippen LogP contribution in [0.4, 0.5) is 0 Å². The Morgan fingerprint density at radius 3 is 1.65 bits per heavy atom. The first-order chi connectivity index (χ1) is 11.0.